The molecule has 0 saturated heterocycles. The van der Waals surface area contributed by atoms with Crippen LogP contribution in [0.15, 0.2) is 36.8 Å². The van der Waals surface area contributed by atoms with Gasteiger partial charge in [-0.3, -0.25) is 5.10 Å². The highest BCUT2D eigenvalue weighted by Crippen LogP contribution is 2.39. The Morgan fingerprint density at radius 1 is 1.21 bits per heavy atom. The molecule has 5 rings (SSSR count). The van der Waals surface area contributed by atoms with E-state index in [9.17, 15) is 0 Å². The Kier molecular flexibility index (Phi) is 4.55. The maximum Gasteiger partial charge on any atom is 0.227 e. The molecule has 0 spiro atoms. The van der Waals surface area contributed by atoms with Crippen molar-refractivity contribution in [3.8, 4) is 0 Å². The standard InChI is InChI=1S/C20H21ClN8/c1-2-29(10-13-7-14(21)8-16-19(13)24-11-23-16)20-22-6-5-17(26-20)25-18-9-15(27-28-18)12-3-4-12/h5-9,11-12H,2-4,10H2,1H3,(H,23,24)(H2,22,25,26,27,28). The fourth-order valence-electron chi connectivity index (χ4n) is 3.44. The summed E-state index contributed by atoms with van der Waals surface area (Å²) in [6.07, 6.45) is 5.90. The van der Waals surface area contributed by atoms with Crippen LogP contribution in [0.4, 0.5) is 17.6 Å². The summed E-state index contributed by atoms with van der Waals surface area (Å²) >= 11 is 6.28. The number of benzene rings is 1. The highest BCUT2D eigenvalue weighted by Gasteiger charge is 2.25. The van der Waals surface area contributed by atoms with Crippen LogP contribution in [0.5, 0.6) is 0 Å². The molecule has 0 unspecified atom stereocenters. The molecule has 1 fully saturated rings. The van der Waals surface area contributed by atoms with E-state index in [-0.39, 0.29) is 0 Å². The van der Waals surface area contributed by atoms with Crippen LogP contribution < -0.4 is 10.2 Å². The van der Waals surface area contributed by atoms with Gasteiger partial charge in [0.1, 0.15) is 5.82 Å². The quantitative estimate of drug-likeness (QED) is 0.420. The molecule has 3 N–H and O–H groups in total. The lowest BCUT2D eigenvalue weighted by atomic mass is 10.1. The molecule has 8 nitrogen and oxygen atoms in total. The minimum absolute atomic E-state index is 0.607. The van der Waals surface area contributed by atoms with Gasteiger partial charge in [0.15, 0.2) is 5.82 Å². The third kappa shape index (κ3) is 3.75. The number of rotatable bonds is 7. The molecule has 1 aliphatic carbocycles. The maximum absolute atomic E-state index is 6.28. The Bertz CT molecular complexity index is 1150. The van der Waals surface area contributed by atoms with Crippen LogP contribution in [0, 0.1) is 0 Å². The second-order valence-electron chi connectivity index (χ2n) is 7.23. The van der Waals surface area contributed by atoms with Crippen LogP contribution in [0.3, 0.4) is 0 Å². The van der Waals surface area contributed by atoms with Crippen molar-refractivity contribution < 1.29 is 0 Å². The molecule has 0 aliphatic heterocycles. The van der Waals surface area contributed by atoms with Crippen molar-refractivity contribution in [1.82, 2.24) is 30.1 Å². The molecule has 1 aromatic carbocycles. The fraction of sp³-hybridized carbons (Fsp3) is 0.300. The normalized spacial score (nSPS) is 13.7. The Labute approximate surface area is 172 Å². The van der Waals surface area contributed by atoms with Crippen molar-refractivity contribution in [1.29, 1.82) is 0 Å². The van der Waals surface area contributed by atoms with E-state index in [1.807, 2.05) is 18.2 Å². The zero-order chi connectivity index (χ0) is 19.8. The van der Waals surface area contributed by atoms with Gasteiger partial charge in [-0.05, 0) is 38.0 Å². The molecular weight excluding hydrogens is 388 g/mol. The second-order valence-corrected chi connectivity index (χ2v) is 7.66. The van der Waals surface area contributed by atoms with Crippen LogP contribution >= 0.6 is 11.6 Å². The lowest BCUT2D eigenvalue weighted by Gasteiger charge is -2.21. The summed E-state index contributed by atoms with van der Waals surface area (Å²) in [6.45, 7) is 3.43. The molecule has 1 saturated carbocycles. The van der Waals surface area contributed by atoms with Crippen molar-refractivity contribution in [2.45, 2.75) is 32.2 Å². The lowest BCUT2D eigenvalue weighted by molar-refractivity contribution is 0.795. The monoisotopic (exact) mass is 408 g/mol. The number of hydrogen-bond donors (Lipinski definition) is 3. The van der Waals surface area contributed by atoms with Gasteiger partial charge in [-0.15, -0.1) is 0 Å². The van der Waals surface area contributed by atoms with Gasteiger partial charge in [0.2, 0.25) is 5.95 Å². The third-order valence-electron chi connectivity index (χ3n) is 5.11. The van der Waals surface area contributed by atoms with E-state index >= 15 is 0 Å². The number of aromatic nitrogens is 6. The molecular formula is C20H21ClN8. The molecule has 3 heterocycles. The summed E-state index contributed by atoms with van der Waals surface area (Å²) in [5, 5.41) is 11.4. The van der Waals surface area contributed by atoms with E-state index < -0.39 is 0 Å². The van der Waals surface area contributed by atoms with Crippen LogP contribution in [0.1, 0.15) is 36.9 Å². The first-order valence-electron chi connectivity index (χ1n) is 9.71. The molecule has 0 bridgehead atoms. The fourth-order valence-corrected chi connectivity index (χ4v) is 3.68. The van der Waals surface area contributed by atoms with Crippen LogP contribution in [-0.2, 0) is 6.54 Å². The van der Waals surface area contributed by atoms with Gasteiger partial charge in [0, 0.05) is 47.6 Å². The van der Waals surface area contributed by atoms with E-state index in [4.69, 9.17) is 11.6 Å². The number of halogens is 1. The summed E-state index contributed by atoms with van der Waals surface area (Å²) in [4.78, 5) is 18.8. The summed E-state index contributed by atoms with van der Waals surface area (Å²) in [7, 11) is 0. The highest BCUT2D eigenvalue weighted by atomic mass is 35.5. The lowest BCUT2D eigenvalue weighted by Crippen LogP contribution is -2.24. The van der Waals surface area contributed by atoms with E-state index in [2.05, 4.69) is 53.3 Å². The number of aromatic amines is 2. The van der Waals surface area contributed by atoms with Gasteiger partial charge in [-0.2, -0.15) is 10.1 Å². The number of hydrogen-bond acceptors (Lipinski definition) is 6. The van der Waals surface area contributed by atoms with Gasteiger partial charge in [-0.1, -0.05) is 11.6 Å². The van der Waals surface area contributed by atoms with Crippen LogP contribution in [0.2, 0.25) is 5.02 Å². The number of nitrogens with one attached hydrogen (secondary N) is 3. The van der Waals surface area contributed by atoms with Gasteiger partial charge in [-0.25, -0.2) is 9.97 Å². The summed E-state index contributed by atoms with van der Waals surface area (Å²) in [5.41, 5.74) is 4.04. The third-order valence-corrected chi connectivity index (χ3v) is 5.33. The number of nitrogens with zero attached hydrogens (tertiary/aromatic N) is 5. The predicted octanol–water partition coefficient (Wildman–Crippen LogP) is 4.38. The van der Waals surface area contributed by atoms with Crippen molar-refractivity contribution in [3.63, 3.8) is 0 Å². The summed E-state index contributed by atoms with van der Waals surface area (Å²) in [6, 6.07) is 7.72. The number of H-pyrrole nitrogens is 2. The average Bonchev–Trinajstić information content (AvgIpc) is 3.28. The number of imidazole rings is 1. The first-order valence-corrected chi connectivity index (χ1v) is 10.1. The van der Waals surface area contributed by atoms with Crippen molar-refractivity contribution in [3.05, 3.63) is 53.1 Å². The predicted molar refractivity (Wildman–Crippen MR) is 114 cm³/mol. The Morgan fingerprint density at radius 3 is 2.93 bits per heavy atom. The summed E-state index contributed by atoms with van der Waals surface area (Å²) in [5.74, 6) is 2.75. The van der Waals surface area contributed by atoms with Gasteiger partial charge in [0.05, 0.1) is 17.4 Å². The van der Waals surface area contributed by atoms with E-state index in [1.54, 1.807) is 12.5 Å². The van der Waals surface area contributed by atoms with Crippen LogP contribution in [0.25, 0.3) is 11.0 Å². The molecule has 9 heteroatoms. The smallest absolute Gasteiger partial charge is 0.227 e. The minimum Gasteiger partial charge on any atom is -0.345 e. The Balaban J connectivity index is 1.38. The first-order chi connectivity index (χ1) is 14.2. The molecule has 29 heavy (non-hydrogen) atoms. The maximum atomic E-state index is 6.28. The Hall–Kier alpha value is -3.13. The van der Waals surface area contributed by atoms with E-state index in [1.165, 1.54) is 18.5 Å². The van der Waals surface area contributed by atoms with E-state index in [0.717, 1.165) is 29.0 Å². The topological polar surface area (TPSA) is 98.4 Å². The first kappa shape index (κ1) is 17.9. The molecule has 4 aromatic rings. The van der Waals surface area contributed by atoms with E-state index in [0.29, 0.717) is 29.3 Å². The molecule has 148 valence electrons. The average molecular weight is 409 g/mol. The molecule has 0 atom stereocenters. The number of fused-ring (bicyclic) bond motifs is 1. The van der Waals surface area contributed by atoms with Gasteiger partial charge >= 0.3 is 0 Å². The second kappa shape index (κ2) is 7.36. The van der Waals surface area contributed by atoms with Crippen LogP contribution in [-0.4, -0.2) is 36.7 Å². The van der Waals surface area contributed by atoms with Gasteiger partial charge < -0.3 is 15.2 Å². The molecule has 3 aromatic heterocycles. The molecule has 1 aliphatic rings. The molecule has 0 amide bonds. The van der Waals surface area contributed by atoms with Crippen molar-refractivity contribution in [2.24, 2.45) is 0 Å². The van der Waals surface area contributed by atoms with Crippen molar-refractivity contribution in [2.75, 3.05) is 16.8 Å². The minimum atomic E-state index is 0.607. The SMILES string of the molecule is CCN(Cc1cc(Cl)cc2[nH]cnc12)c1nccc(Nc2cc(C3CC3)[nH]n2)n1. The zero-order valence-corrected chi connectivity index (χ0v) is 16.7. The highest BCUT2D eigenvalue weighted by molar-refractivity contribution is 6.31. The van der Waals surface area contributed by atoms with Crippen molar-refractivity contribution >= 4 is 40.2 Å². The largest absolute Gasteiger partial charge is 0.345 e. The van der Waals surface area contributed by atoms with Gasteiger partial charge in [0.25, 0.3) is 0 Å². The number of anilines is 3. The zero-order valence-electron chi connectivity index (χ0n) is 16.0. The molecule has 0 radical (unpaired) electrons. The Morgan fingerprint density at radius 2 is 2.10 bits per heavy atom. The summed E-state index contributed by atoms with van der Waals surface area (Å²) < 4.78 is 0.